The van der Waals surface area contributed by atoms with Crippen molar-refractivity contribution in [2.45, 2.75) is 50.9 Å². The molecule has 4 atom stereocenters. The number of aromatic nitrogens is 3. The van der Waals surface area contributed by atoms with E-state index < -0.39 is 6.04 Å². The zero-order chi connectivity index (χ0) is 20.5. The normalized spacial score (nSPS) is 28.8. The average Bonchev–Trinajstić information content (AvgIpc) is 3.27. The summed E-state index contributed by atoms with van der Waals surface area (Å²) in [5, 5.41) is 9.86. The number of likely N-dealkylation sites (tertiary alicyclic amines) is 1. The van der Waals surface area contributed by atoms with E-state index in [2.05, 4.69) is 31.5 Å². The predicted molar refractivity (Wildman–Crippen MR) is 110 cm³/mol. The van der Waals surface area contributed by atoms with Gasteiger partial charge in [-0.05, 0) is 42.9 Å². The van der Waals surface area contributed by atoms with Crippen LogP contribution >= 0.6 is 0 Å². The maximum Gasteiger partial charge on any atom is 0.243 e. The SMILES string of the molecule is O=C(NCc1ccn[nH]1)[C@H]1[C@H]2C[C@H](CN(Cc3cccnc3)C2)[C@@H]2CCCC(=O)N21. The lowest BCUT2D eigenvalue weighted by atomic mass is 9.71. The molecule has 2 amide bonds. The molecule has 8 nitrogen and oxygen atoms in total. The molecule has 0 unspecified atom stereocenters. The van der Waals surface area contributed by atoms with Crippen molar-refractivity contribution in [2.75, 3.05) is 13.1 Å². The number of hydrogen-bond donors (Lipinski definition) is 2. The first-order valence-corrected chi connectivity index (χ1v) is 10.9. The van der Waals surface area contributed by atoms with Gasteiger partial charge >= 0.3 is 0 Å². The van der Waals surface area contributed by atoms with E-state index in [0.29, 0.717) is 18.9 Å². The lowest BCUT2D eigenvalue weighted by molar-refractivity contribution is -0.160. The Kier molecular flexibility index (Phi) is 5.25. The molecule has 8 heteroatoms. The monoisotopic (exact) mass is 408 g/mol. The van der Waals surface area contributed by atoms with Gasteiger partial charge in [0, 0.05) is 56.6 Å². The summed E-state index contributed by atoms with van der Waals surface area (Å²) in [5.74, 6) is 0.682. The second kappa shape index (κ2) is 8.18. The van der Waals surface area contributed by atoms with Crippen LogP contribution in [0.5, 0.6) is 0 Å². The molecule has 2 N–H and O–H groups in total. The summed E-state index contributed by atoms with van der Waals surface area (Å²) in [7, 11) is 0. The second-order valence-corrected chi connectivity index (χ2v) is 8.82. The molecule has 2 aromatic heterocycles. The van der Waals surface area contributed by atoms with E-state index in [9.17, 15) is 9.59 Å². The Morgan fingerprint density at radius 2 is 2.13 bits per heavy atom. The number of nitrogens with zero attached hydrogens (tertiary/aromatic N) is 4. The molecule has 3 saturated heterocycles. The molecule has 5 heterocycles. The number of aromatic amines is 1. The Morgan fingerprint density at radius 1 is 1.23 bits per heavy atom. The molecular formula is C22H28N6O2. The average molecular weight is 409 g/mol. The van der Waals surface area contributed by atoms with E-state index >= 15 is 0 Å². The lowest BCUT2D eigenvalue weighted by Crippen LogP contribution is -2.68. The largest absolute Gasteiger partial charge is 0.349 e. The molecule has 3 aliphatic rings. The van der Waals surface area contributed by atoms with Crippen LogP contribution in [0.25, 0.3) is 0 Å². The van der Waals surface area contributed by atoms with Gasteiger partial charge in [-0.1, -0.05) is 6.07 Å². The van der Waals surface area contributed by atoms with Crippen molar-refractivity contribution >= 4 is 11.8 Å². The van der Waals surface area contributed by atoms with Gasteiger partial charge in [-0.2, -0.15) is 5.10 Å². The van der Waals surface area contributed by atoms with Gasteiger partial charge in [-0.15, -0.1) is 0 Å². The number of fused-ring (bicyclic) bond motifs is 4. The summed E-state index contributed by atoms with van der Waals surface area (Å²) in [6.45, 7) is 3.04. The van der Waals surface area contributed by atoms with Crippen molar-refractivity contribution in [2.24, 2.45) is 11.8 Å². The number of carbonyl (C=O) groups is 2. The van der Waals surface area contributed by atoms with Gasteiger partial charge < -0.3 is 10.2 Å². The van der Waals surface area contributed by atoms with Gasteiger partial charge in [0.15, 0.2) is 0 Å². The molecule has 5 rings (SSSR count). The first-order chi connectivity index (χ1) is 14.7. The van der Waals surface area contributed by atoms with E-state index in [1.165, 1.54) is 5.56 Å². The number of amides is 2. The van der Waals surface area contributed by atoms with Gasteiger partial charge in [0.05, 0.1) is 12.2 Å². The third-order valence-corrected chi connectivity index (χ3v) is 6.83. The Hall–Kier alpha value is -2.74. The summed E-state index contributed by atoms with van der Waals surface area (Å²) < 4.78 is 0. The van der Waals surface area contributed by atoms with Crippen molar-refractivity contribution in [3.05, 3.63) is 48.0 Å². The molecule has 0 aliphatic carbocycles. The quantitative estimate of drug-likeness (QED) is 0.778. The molecule has 2 bridgehead atoms. The van der Waals surface area contributed by atoms with Crippen LogP contribution in [0.4, 0.5) is 0 Å². The van der Waals surface area contributed by atoms with Crippen molar-refractivity contribution < 1.29 is 9.59 Å². The summed E-state index contributed by atoms with van der Waals surface area (Å²) in [5.41, 5.74) is 2.05. The summed E-state index contributed by atoms with van der Waals surface area (Å²) in [6.07, 6.45) is 8.87. The standard InChI is InChI=1S/C22H28N6O2/c29-20-5-1-4-19-16-9-17(14-27(13-16)12-15-3-2-7-23-10-15)21(28(19)20)22(30)24-11-18-6-8-25-26-18/h2-3,6-8,10,16-17,19,21H,1,4-5,9,11-14H2,(H,24,30)(H,25,26)/t16-,17+,19+,21-/m1/s1. The fourth-order valence-corrected chi connectivity index (χ4v) is 5.64. The van der Waals surface area contributed by atoms with Gasteiger partial charge in [0.1, 0.15) is 6.04 Å². The zero-order valence-electron chi connectivity index (χ0n) is 17.0. The number of nitrogens with one attached hydrogen (secondary N) is 2. The third-order valence-electron chi connectivity index (χ3n) is 6.83. The number of piperidine rings is 3. The van der Waals surface area contributed by atoms with Crippen LogP contribution in [0.1, 0.15) is 36.9 Å². The molecule has 0 radical (unpaired) electrons. The molecule has 0 aromatic carbocycles. The van der Waals surface area contributed by atoms with Crippen LogP contribution in [-0.2, 0) is 22.7 Å². The van der Waals surface area contributed by atoms with Crippen LogP contribution in [0.2, 0.25) is 0 Å². The van der Waals surface area contributed by atoms with Crippen LogP contribution in [-0.4, -0.2) is 62.0 Å². The van der Waals surface area contributed by atoms with Crippen molar-refractivity contribution in [3.63, 3.8) is 0 Å². The number of pyridine rings is 1. The summed E-state index contributed by atoms with van der Waals surface area (Å²) >= 11 is 0. The van der Waals surface area contributed by atoms with Gasteiger partial charge in [-0.3, -0.25) is 24.6 Å². The Bertz CT molecular complexity index is 886. The highest BCUT2D eigenvalue weighted by molar-refractivity contribution is 5.89. The van der Waals surface area contributed by atoms with Gasteiger partial charge in [0.25, 0.3) is 0 Å². The van der Waals surface area contributed by atoms with Crippen LogP contribution in [0, 0.1) is 11.8 Å². The highest BCUT2D eigenvalue weighted by atomic mass is 16.2. The molecule has 3 fully saturated rings. The molecule has 0 spiro atoms. The van der Waals surface area contributed by atoms with E-state index in [4.69, 9.17) is 0 Å². The number of H-pyrrole nitrogens is 1. The minimum Gasteiger partial charge on any atom is -0.349 e. The van der Waals surface area contributed by atoms with Crippen molar-refractivity contribution in [1.29, 1.82) is 0 Å². The predicted octanol–water partition coefficient (Wildman–Crippen LogP) is 1.32. The molecular weight excluding hydrogens is 380 g/mol. The van der Waals surface area contributed by atoms with Gasteiger partial charge in [-0.25, -0.2) is 0 Å². The van der Waals surface area contributed by atoms with Crippen LogP contribution in [0.15, 0.2) is 36.8 Å². The highest BCUT2D eigenvalue weighted by Crippen LogP contribution is 2.42. The first kappa shape index (κ1) is 19.2. The lowest BCUT2D eigenvalue weighted by Gasteiger charge is -2.55. The van der Waals surface area contributed by atoms with E-state index in [-0.39, 0.29) is 23.8 Å². The third kappa shape index (κ3) is 3.71. The van der Waals surface area contributed by atoms with E-state index in [1.54, 1.807) is 12.4 Å². The van der Waals surface area contributed by atoms with E-state index in [1.807, 2.05) is 23.2 Å². The van der Waals surface area contributed by atoms with Gasteiger partial charge in [0.2, 0.25) is 11.8 Å². The zero-order valence-corrected chi connectivity index (χ0v) is 17.0. The topological polar surface area (TPSA) is 94.2 Å². The molecule has 3 aliphatic heterocycles. The first-order valence-electron chi connectivity index (χ1n) is 10.9. The fraction of sp³-hybridized carbons (Fsp3) is 0.545. The maximum atomic E-state index is 13.3. The molecule has 158 valence electrons. The van der Waals surface area contributed by atoms with Crippen LogP contribution in [0.3, 0.4) is 0 Å². The Balaban J connectivity index is 1.36. The van der Waals surface area contributed by atoms with Crippen molar-refractivity contribution in [1.82, 2.24) is 30.3 Å². The Morgan fingerprint density at radius 3 is 2.93 bits per heavy atom. The number of hydrogen-bond acceptors (Lipinski definition) is 5. The van der Waals surface area contributed by atoms with Crippen LogP contribution < -0.4 is 5.32 Å². The maximum absolute atomic E-state index is 13.3. The van der Waals surface area contributed by atoms with Crippen molar-refractivity contribution in [3.8, 4) is 0 Å². The molecule has 0 saturated carbocycles. The Labute approximate surface area is 176 Å². The smallest absolute Gasteiger partial charge is 0.243 e. The molecule has 2 aromatic rings. The fourth-order valence-electron chi connectivity index (χ4n) is 5.64. The minimum atomic E-state index is -0.390. The number of rotatable bonds is 5. The van der Waals surface area contributed by atoms with E-state index in [0.717, 1.165) is 44.6 Å². The molecule has 30 heavy (non-hydrogen) atoms. The summed E-state index contributed by atoms with van der Waals surface area (Å²) in [6, 6.07) is 5.69. The summed E-state index contributed by atoms with van der Waals surface area (Å²) in [4.78, 5) is 34.8. The number of carbonyl (C=O) groups excluding carboxylic acids is 2. The second-order valence-electron chi connectivity index (χ2n) is 8.82. The minimum absolute atomic E-state index is 0.0449. The highest BCUT2D eigenvalue weighted by Gasteiger charge is 2.51.